The van der Waals surface area contributed by atoms with Crippen molar-refractivity contribution in [2.75, 3.05) is 17.4 Å². The Hall–Kier alpha value is -3.07. The van der Waals surface area contributed by atoms with Gasteiger partial charge in [-0.3, -0.25) is 13.9 Å². The van der Waals surface area contributed by atoms with E-state index in [0.29, 0.717) is 13.0 Å². The predicted molar refractivity (Wildman–Crippen MR) is 166 cm³/mol. The molecule has 3 aromatic rings. The maximum absolute atomic E-state index is 14.2. The summed E-state index contributed by atoms with van der Waals surface area (Å²) in [5, 5.41) is 3.08. The number of anilines is 1. The van der Waals surface area contributed by atoms with E-state index in [-0.39, 0.29) is 39.0 Å². The molecule has 3 rings (SSSR count). The third-order valence-corrected chi connectivity index (χ3v) is 9.34. The van der Waals surface area contributed by atoms with E-state index in [1.807, 2.05) is 58.9 Å². The number of carbonyl (C=O) groups is 2. The van der Waals surface area contributed by atoms with Gasteiger partial charge in [0.2, 0.25) is 11.8 Å². The third kappa shape index (κ3) is 8.03. The van der Waals surface area contributed by atoms with Crippen LogP contribution < -0.4 is 9.62 Å². The second-order valence-corrected chi connectivity index (χ2v) is 13.1. The van der Waals surface area contributed by atoms with Crippen LogP contribution in [0.4, 0.5) is 5.69 Å². The van der Waals surface area contributed by atoms with Gasteiger partial charge >= 0.3 is 0 Å². The van der Waals surface area contributed by atoms with Gasteiger partial charge in [0, 0.05) is 13.1 Å². The van der Waals surface area contributed by atoms with E-state index in [2.05, 4.69) is 5.32 Å². The first-order valence-electron chi connectivity index (χ1n) is 13.5. The summed E-state index contributed by atoms with van der Waals surface area (Å²) >= 11 is 12.8. The molecule has 220 valence electrons. The van der Waals surface area contributed by atoms with Crippen LogP contribution in [0.15, 0.2) is 71.6 Å². The minimum atomic E-state index is -4.25. The third-order valence-electron chi connectivity index (χ3n) is 6.76. The first-order valence-corrected chi connectivity index (χ1v) is 15.7. The molecule has 10 heteroatoms. The van der Waals surface area contributed by atoms with Crippen LogP contribution in [0.1, 0.15) is 43.9 Å². The molecule has 7 nitrogen and oxygen atoms in total. The van der Waals surface area contributed by atoms with Crippen LogP contribution in [0.3, 0.4) is 0 Å². The summed E-state index contributed by atoms with van der Waals surface area (Å²) < 4.78 is 29.0. The molecule has 0 bridgehead atoms. The fourth-order valence-corrected chi connectivity index (χ4v) is 6.22. The van der Waals surface area contributed by atoms with Gasteiger partial charge in [0.15, 0.2) is 0 Å². The van der Waals surface area contributed by atoms with Crippen LogP contribution in [0.2, 0.25) is 10.0 Å². The molecule has 2 amide bonds. The molecule has 41 heavy (non-hydrogen) atoms. The summed E-state index contributed by atoms with van der Waals surface area (Å²) in [6.45, 7) is 9.57. The average Bonchev–Trinajstić information content (AvgIpc) is 2.93. The number of nitrogens with one attached hydrogen (secondary N) is 1. The maximum Gasteiger partial charge on any atom is 0.264 e. The van der Waals surface area contributed by atoms with Gasteiger partial charge < -0.3 is 10.2 Å². The molecule has 1 atom stereocenters. The Morgan fingerprint density at radius 1 is 0.927 bits per heavy atom. The Kier molecular flexibility index (Phi) is 11.2. The number of rotatable bonds is 12. The second kappa shape index (κ2) is 14.2. The van der Waals surface area contributed by atoms with Gasteiger partial charge in [-0.1, -0.05) is 92.0 Å². The molecule has 0 unspecified atom stereocenters. The minimum Gasteiger partial charge on any atom is -0.354 e. The number of sulfonamides is 1. The lowest BCUT2D eigenvalue weighted by Gasteiger charge is -2.34. The summed E-state index contributed by atoms with van der Waals surface area (Å²) in [7, 11) is -4.25. The van der Waals surface area contributed by atoms with Crippen molar-refractivity contribution in [3.8, 4) is 0 Å². The molecule has 0 fully saturated rings. The van der Waals surface area contributed by atoms with E-state index in [9.17, 15) is 18.0 Å². The molecule has 0 saturated heterocycles. The number of benzene rings is 3. The van der Waals surface area contributed by atoms with Gasteiger partial charge in [-0.15, -0.1) is 0 Å². The molecular weight excluding hydrogens is 581 g/mol. The monoisotopic (exact) mass is 617 g/mol. The van der Waals surface area contributed by atoms with Crippen molar-refractivity contribution in [1.29, 1.82) is 0 Å². The summed E-state index contributed by atoms with van der Waals surface area (Å²) in [5.41, 5.74) is 2.76. The maximum atomic E-state index is 14.2. The van der Waals surface area contributed by atoms with Crippen molar-refractivity contribution < 1.29 is 18.0 Å². The van der Waals surface area contributed by atoms with Gasteiger partial charge in [-0.05, 0) is 61.6 Å². The average molecular weight is 619 g/mol. The highest BCUT2D eigenvalue weighted by Crippen LogP contribution is 2.35. The van der Waals surface area contributed by atoms with Gasteiger partial charge in [-0.25, -0.2) is 8.42 Å². The SMILES string of the molecule is CC[C@@H](C(=O)NCC(C)C)N(Cc1ccccc1C)C(=O)CN(c1cccc(Cl)c1Cl)S(=O)(=O)c1ccc(C)cc1. The van der Waals surface area contributed by atoms with Crippen LogP contribution in [0.5, 0.6) is 0 Å². The van der Waals surface area contributed by atoms with Crippen LogP contribution in [0, 0.1) is 19.8 Å². The number of aryl methyl sites for hydroxylation is 2. The lowest BCUT2D eigenvalue weighted by atomic mass is 10.1. The summed E-state index contributed by atoms with van der Waals surface area (Å²) in [4.78, 5) is 29.0. The molecule has 0 radical (unpaired) electrons. The molecule has 0 heterocycles. The van der Waals surface area contributed by atoms with Gasteiger partial charge in [0.25, 0.3) is 10.0 Å². The molecule has 0 aliphatic carbocycles. The first-order chi connectivity index (χ1) is 19.4. The number of nitrogens with zero attached hydrogens (tertiary/aromatic N) is 2. The highest BCUT2D eigenvalue weighted by molar-refractivity contribution is 7.92. The molecule has 3 aromatic carbocycles. The highest BCUT2D eigenvalue weighted by atomic mass is 35.5. The van der Waals surface area contributed by atoms with E-state index in [4.69, 9.17) is 23.2 Å². The van der Waals surface area contributed by atoms with E-state index in [1.54, 1.807) is 24.3 Å². The zero-order chi connectivity index (χ0) is 30.3. The largest absolute Gasteiger partial charge is 0.354 e. The van der Waals surface area contributed by atoms with Crippen molar-refractivity contribution in [1.82, 2.24) is 10.2 Å². The Balaban J connectivity index is 2.10. The van der Waals surface area contributed by atoms with Gasteiger partial charge in [-0.2, -0.15) is 0 Å². The van der Waals surface area contributed by atoms with Crippen molar-refractivity contribution >= 4 is 50.7 Å². The molecule has 0 aromatic heterocycles. The lowest BCUT2D eigenvalue weighted by Crippen LogP contribution is -2.52. The van der Waals surface area contributed by atoms with E-state index < -0.39 is 28.5 Å². The van der Waals surface area contributed by atoms with Gasteiger partial charge in [0.05, 0.1) is 20.6 Å². The van der Waals surface area contributed by atoms with E-state index in [1.165, 1.54) is 23.1 Å². The minimum absolute atomic E-state index is 0.000820. The van der Waals surface area contributed by atoms with Gasteiger partial charge in [0.1, 0.15) is 12.6 Å². The topological polar surface area (TPSA) is 86.8 Å². The molecule has 1 N–H and O–H groups in total. The van der Waals surface area contributed by atoms with E-state index in [0.717, 1.165) is 21.0 Å². The second-order valence-electron chi connectivity index (χ2n) is 10.4. The number of carbonyl (C=O) groups excluding carboxylic acids is 2. The summed E-state index contributed by atoms with van der Waals surface area (Å²) in [5.74, 6) is -0.625. The number of hydrogen-bond acceptors (Lipinski definition) is 4. The fraction of sp³-hybridized carbons (Fsp3) is 0.355. The normalized spacial score (nSPS) is 12.2. The van der Waals surface area contributed by atoms with E-state index >= 15 is 0 Å². The highest BCUT2D eigenvalue weighted by Gasteiger charge is 2.34. The molecule has 0 saturated carbocycles. The first kappa shape index (κ1) is 32.4. The Morgan fingerprint density at radius 3 is 2.20 bits per heavy atom. The van der Waals surface area contributed by atoms with Crippen LogP contribution in [-0.4, -0.2) is 44.3 Å². The van der Waals surface area contributed by atoms with Crippen LogP contribution >= 0.6 is 23.2 Å². The van der Waals surface area contributed by atoms with Crippen molar-refractivity contribution in [3.05, 3.63) is 93.5 Å². The number of amides is 2. The predicted octanol–water partition coefficient (Wildman–Crippen LogP) is 6.39. The Bertz CT molecular complexity index is 1480. The molecular formula is C31H37Cl2N3O4S. The Labute approximate surface area is 253 Å². The molecule has 0 spiro atoms. The van der Waals surface area contributed by atoms with Crippen molar-refractivity contribution in [2.24, 2.45) is 5.92 Å². The molecule has 0 aliphatic rings. The quantitative estimate of drug-likeness (QED) is 0.255. The zero-order valence-corrected chi connectivity index (χ0v) is 26.4. The van der Waals surface area contributed by atoms with Crippen molar-refractivity contribution in [3.63, 3.8) is 0 Å². The zero-order valence-electron chi connectivity index (χ0n) is 24.0. The van der Waals surface area contributed by atoms with Crippen LogP contribution in [0.25, 0.3) is 0 Å². The number of halogens is 2. The number of hydrogen-bond donors (Lipinski definition) is 1. The summed E-state index contributed by atoms with van der Waals surface area (Å²) in [6, 6.07) is 17.7. The smallest absolute Gasteiger partial charge is 0.264 e. The standard InChI is InChI=1S/C31H37Cl2N3O4S/c1-6-27(31(38)34-18-21(2)3)35(19-24-11-8-7-10-23(24)5)29(37)20-36(28-13-9-12-26(32)30(28)33)41(39,40)25-16-14-22(4)15-17-25/h7-17,21,27H,6,18-20H2,1-5H3,(H,34,38)/t27-/m0/s1. The Morgan fingerprint density at radius 2 is 1.59 bits per heavy atom. The summed E-state index contributed by atoms with van der Waals surface area (Å²) in [6.07, 6.45) is 0.337. The van der Waals surface area contributed by atoms with Crippen LogP contribution in [-0.2, 0) is 26.2 Å². The van der Waals surface area contributed by atoms with Crippen molar-refractivity contribution in [2.45, 2.75) is 58.5 Å². The fourth-order valence-electron chi connectivity index (χ4n) is 4.35. The molecule has 0 aliphatic heterocycles. The lowest BCUT2D eigenvalue weighted by molar-refractivity contribution is -0.140.